The summed E-state index contributed by atoms with van der Waals surface area (Å²) in [6, 6.07) is -0.933. The van der Waals surface area contributed by atoms with E-state index < -0.39 is 35.2 Å². The van der Waals surface area contributed by atoms with E-state index in [9.17, 15) is 19.5 Å². The van der Waals surface area contributed by atoms with Crippen LogP contribution in [0.2, 0.25) is 0 Å². The van der Waals surface area contributed by atoms with Crippen molar-refractivity contribution < 1.29 is 29.0 Å². The van der Waals surface area contributed by atoms with Crippen LogP contribution in [0.3, 0.4) is 0 Å². The van der Waals surface area contributed by atoms with Gasteiger partial charge in [-0.2, -0.15) is 11.8 Å². The van der Waals surface area contributed by atoms with Crippen molar-refractivity contribution in [2.45, 2.75) is 32.6 Å². The molecule has 0 saturated carbocycles. The fraction of sp³-hybridized carbons (Fsp3) is 0.643. The molecule has 134 valence electrons. The Morgan fingerprint density at radius 3 is 2.50 bits per heavy atom. The van der Waals surface area contributed by atoms with E-state index in [1.54, 1.807) is 13.8 Å². The van der Waals surface area contributed by atoms with Crippen LogP contribution in [0, 0.1) is 5.41 Å². The first kappa shape index (κ1) is 18.4. The third-order valence-electron chi connectivity index (χ3n) is 4.10. The van der Waals surface area contributed by atoms with Crippen LogP contribution in [0.5, 0.6) is 0 Å². The molecule has 2 unspecified atom stereocenters. The number of hydrogen-bond donors (Lipinski definition) is 3. The highest BCUT2D eigenvalue weighted by Crippen LogP contribution is 2.57. The van der Waals surface area contributed by atoms with Crippen molar-refractivity contribution in [1.82, 2.24) is 10.4 Å². The summed E-state index contributed by atoms with van der Waals surface area (Å²) in [7, 11) is 1.17. The molecule has 2 amide bonds. The van der Waals surface area contributed by atoms with Crippen molar-refractivity contribution in [1.29, 1.82) is 0 Å². The molecule has 9 nitrogen and oxygen atoms in total. The predicted molar refractivity (Wildman–Crippen MR) is 85.2 cm³/mol. The number of carbonyl (C=O) groups is 3. The molecular formula is C14H21N3O6S. The number of hydrazine groups is 1. The Morgan fingerprint density at radius 1 is 1.38 bits per heavy atom. The number of fused-ring (bicyclic) bond motifs is 1. The number of methoxy groups -OCH3 is 1. The Hall–Kier alpha value is -1.94. The van der Waals surface area contributed by atoms with Gasteiger partial charge in [-0.1, -0.05) is 0 Å². The Balaban J connectivity index is 2.64. The summed E-state index contributed by atoms with van der Waals surface area (Å²) < 4.78 is 10.1. The molecule has 2 atom stereocenters. The number of ether oxygens (including phenoxy) is 2. The smallest absolute Gasteiger partial charge is 0.337 e. The predicted octanol–water partition coefficient (Wildman–Crippen LogP) is -0.294. The summed E-state index contributed by atoms with van der Waals surface area (Å²) in [4.78, 5) is 36.5. The number of amides is 2. The first-order valence-corrected chi connectivity index (χ1v) is 8.44. The highest BCUT2D eigenvalue weighted by molar-refractivity contribution is 7.99. The number of hydrogen-bond acceptors (Lipinski definition) is 8. The van der Waals surface area contributed by atoms with E-state index in [1.807, 2.05) is 0 Å². The van der Waals surface area contributed by atoms with Crippen LogP contribution < -0.4 is 11.2 Å². The van der Waals surface area contributed by atoms with Crippen molar-refractivity contribution in [3.05, 3.63) is 11.3 Å². The fourth-order valence-electron chi connectivity index (χ4n) is 3.19. The molecule has 4 N–H and O–H groups in total. The van der Waals surface area contributed by atoms with Crippen LogP contribution in [0.4, 0.5) is 4.79 Å². The maximum atomic E-state index is 12.6. The molecule has 0 bridgehead atoms. The van der Waals surface area contributed by atoms with Gasteiger partial charge >= 0.3 is 18.0 Å². The van der Waals surface area contributed by atoms with Gasteiger partial charge in [0.1, 0.15) is 0 Å². The number of rotatable bonds is 4. The van der Waals surface area contributed by atoms with Gasteiger partial charge in [0.05, 0.1) is 18.8 Å². The van der Waals surface area contributed by atoms with E-state index in [4.69, 9.17) is 15.2 Å². The van der Waals surface area contributed by atoms with Gasteiger partial charge in [-0.05, 0) is 20.8 Å². The summed E-state index contributed by atoms with van der Waals surface area (Å²) in [5.41, 5.74) is 4.04. The van der Waals surface area contributed by atoms with E-state index in [2.05, 4.69) is 5.43 Å². The van der Waals surface area contributed by atoms with Crippen molar-refractivity contribution in [3.63, 3.8) is 0 Å². The van der Waals surface area contributed by atoms with Gasteiger partial charge in [-0.25, -0.2) is 15.0 Å². The quantitative estimate of drug-likeness (QED) is 0.583. The van der Waals surface area contributed by atoms with Gasteiger partial charge in [-0.3, -0.25) is 9.80 Å². The third-order valence-corrected chi connectivity index (χ3v) is 5.35. The molecule has 0 spiro atoms. The van der Waals surface area contributed by atoms with Gasteiger partial charge in [0.25, 0.3) is 0 Å². The number of carbonyl (C=O) groups excluding carboxylic acids is 3. The van der Waals surface area contributed by atoms with Gasteiger partial charge < -0.3 is 20.3 Å². The monoisotopic (exact) mass is 359 g/mol. The van der Waals surface area contributed by atoms with Crippen LogP contribution in [-0.2, 0) is 19.1 Å². The number of nitrogens with two attached hydrogens (primary N) is 1. The zero-order valence-corrected chi connectivity index (χ0v) is 14.7. The van der Waals surface area contributed by atoms with E-state index in [-0.39, 0.29) is 22.8 Å². The van der Waals surface area contributed by atoms with E-state index in [0.717, 1.165) is 5.01 Å². The summed E-state index contributed by atoms with van der Waals surface area (Å²) >= 11 is 1.25. The minimum absolute atomic E-state index is 0.0377. The Bertz CT molecular complexity index is 622. The summed E-state index contributed by atoms with van der Waals surface area (Å²) in [6.45, 7) is 4.84. The van der Waals surface area contributed by atoms with Gasteiger partial charge in [0, 0.05) is 17.2 Å². The maximum absolute atomic E-state index is 12.6. The van der Waals surface area contributed by atoms with Crippen LogP contribution in [0.25, 0.3) is 0 Å². The first-order chi connectivity index (χ1) is 11.1. The van der Waals surface area contributed by atoms with Crippen molar-refractivity contribution in [2.24, 2.45) is 11.1 Å². The molecule has 0 radical (unpaired) electrons. The third kappa shape index (κ3) is 2.40. The minimum atomic E-state index is -1.88. The summed E-state index contributed by atoms with van der Waals surface area (Å²) in [6.07, 6.45) is -0.423. The molecule has 0 aromatic carbocycles. The molecule has 0 aromatic rings. The lowest BCUT2D eigenvalue weighted by Gasteiger charge is -2.40. The number of esters is 2. The fourth-order valence-corrected chi connectivity index (χ4v) is 4.75. The highest BCUT2D eigenvalue weighted by atomic mass is 32.2. The van der Waals surface area contributed by atoms with Gasteiger partial charge in [0.15, 0.2) is 11.1 Å². The molecule has 1 saturated heterocycles. The number of urea groups is 1. The Morgan fingerprint density at radius 2 is 2.00 bits per heavy atom. The average molecular weight is 359 g/mol. The van der Waals surface area contributed by atoms with Gasteiger partial charge in [0.2, 0.25) is 0 Å². The molecular weight excluding hydrogens is 338 g/mol. The van der Waals surface area contributed by atoms with E-state index >= 15 is 0 Å². The number of nitrogens with zero attached hydrogens (tertiary/aromatic N) is 1. The first-order valence-electron chi connectivity index (χ1n) is 7.29. The molecule has 0 aromatic heterocycles. The molecule has 2 aliphatic rings. The minimum Gasteiger partial charge on any atom is -0.468 e. The van der Waals surface area contributed by atoms with Crippen molar-refractivity contribution in [3.8, 4) is 0 Å². The zero-order valence-electron chi connectivity index (χ0n) is 13.9. The summed E-state index contributed by atoms with van der Waals surface area (Å²) in [5, 5.41) is 12.3. The topological polar surface area (TPSA) is 131 Å². The molecule has 2 rings (SSSR count). The van der Waals surface area contributed by atoms with E-state index in [0.29, 0.717) is 0 Å². The SMILES string of the molecule is COC(=O)C12CSCC1(O)N(NC(N)=O)C(C)=C2C(=O)OC(C)C. The molecule has 2 heterocycles. The average Bonchev–Trinajstić information content (AvgIpc) is 2.89. The second-order valence-electron chi connectivity index (χ2n) is 5.93. The summed E-state index contributed by atoms with van der Waals surface area (Å²) in [5.74, 6) is -1.35. The lowest BCUT2D eigenvalue weighted by Crippen LogP contribution is -2.64. The lowest BCUT2D eigenvalue weighted by atomic mass is 9.75. The number of nitrogens with one attached hydrogen (secondary N) is 1. The normalized spacial score (nSPS) is 28.8. The highest BCUT2D eigenvalue weighted by Gasteiger charge is 2.72. The molecule has 24 heavy (non-hydrogen) atoms. The van der Waals surface area contributed by atoms with Crippen LogP contribution in [-0.4, -0.2) is 58.5 Å². The number of allylic oxidation sites excluding steroid dienone is 1. The van der Waals surface area contributed by atoms with Crippen molar-refractivity contribution >= 4 is 29.7 Å². The standard InChI is InChI=1S/C14H21N3O6S/c1-7(2)23-10(18)9-8(3)17(16-12(15)20)14(21)6-24-5-13(9,14)11(19)22-4/h7,21H,5-6H2,1-4H3,(H3,15,16,20). The van der Waals surface area contributed by atoms with Crippen LogP contribution in [0.15, 0.2) is 11.3 Å². The van der Waals surface area contributed by atoms with Crippen LogP contribution in [0.1, 0.15) is 20.8 Å². The lowest BCUT2D eigenvalue weighted by molar-refractivity contribution is -0.180. The second-order valence-corrected chi connectivity index (χ2v) is 6.92. The molecule has 1 fully saturated rings. The zero-order chi connectivity index (χ0) is 18.3. The van der Waals surface area contributed by atoms with Crippen LogP contribution >= 0.6 is 11.8 Å². The van der Waals surface area contributed by atoms with Gasteiger partial charge in [-0.15, -0.1) is 0 Å². The Kier molecular flexibility index (Phi) is 4.73. The molecule has 0 aliphatic carbocycles. The van der Waals surface area contributed by atoms with Crippen molar-refractivity contribution in [2.75, 3.05) is 18.6 Å². The maximum Gasteiger partial charge on any atom is 0.337 e. The number of primary amides is 1. The molecule has 10 heteroatoms. The van der Waals surface area contributed by atoms with E-state index in [1.165, 1.54) is 25.8 Å². The Labute approximate surface area is 143 Å². The number of thioether (sulfide) groups is 1. The second kappa shape index (κ2) is 6.17. The molecule has 2 aliphatic heterocycles. The number of aliphatic hydroxyl groups is 1. The largest absolute Gasteiger partial charge is 0.468 e.